The number of hydrogen-bond acceptors (Lipinski definition) is 4. The van der Waals surface area contributed by atoms with Gasteiger partial charge in [-0.1, -0.05) is 6.92 Å². The van der Waals surface area contributed by atoms with Crippen molar-refractivity contribution in [3.8, 4) is 0 Å². The molecule has 1 fully saturated rings. The number of aliphatic hydroxyl groups is 1. The quantitative estimate of drug-likeness (QED) is 0.617. The molecular weight excluding hydrogens is 216 g/mol. The van der Waals surface area contributed by atoms with Gasteiger partial charge in [-0.3, -0.25) is 0 Å². The minimum Gasteiger partial charge on any atom is -0.392 e. The van der Waals surface area contributed by atoms with E-state index in [4.69, 9.17) is 4.74 Å². The molecule has 102 valence electrons. The van der Waals surface area contributed by atoms with Gasteiger partial charge in [-0.15, -0.1) is 0 Å². The summed E-state index contributed by atoms with van der Waals surface area (Å²) in [7, 11) is 1.73. The first-order chi connectivity index (χ1) is 8.26. The fourth-order valence-corrected chi connectivity index (χ4v) is 2.39. The van der Waals surface area contributed by atoms with Crippen molar-refractivity contribution in [2.45, 2.75) is 32.3 Å². The third-order valence-corrected chi connectivity index (χ3v) is 3.46. The maximum atomic E-state index is 9.67. The molecule has 17 heavy (non-hydrogen) atoms. The van der Waals surface area contributed by atoms with E-state index in [1.165, 1.54) is 12.8 Å². The SMILES string of the molecule is CCC(O)CN1CCCC(CNCCOC)C1. The Kier molecular flexibility index (Phi) is 7.77. The number of hydrogen-bond donors (Lipinski definition) is 2. The van der Waals surface area contributed by atoms with Crippen molar-refractivity contribution in [2.24, 2.45) is 5.92 Å². The van der Waals surface area contributed by atoms with Crippen LogP contribution < -0.4 is 5.32 Å². The summed E-state index contributed by atoms with van der Waals surface area (Å²) in [6.45, 7) is 7.93. The molecule has 1 saturated heterocycles. The fraction of sp³-hybridized carbons (Fsp3) is 1.00. The summed E-state index contributed by atoms with van der Waals surface area (Å²) >= 11 is 0. The van der Waals surface area contributed by atoms with Gasteiger partial charge in [0.1, 0.15) is 0 Å². The number of aliphatic hydroxyl groups excluding tert-OH is 1. The number of piperidine rings is 1. The van der Waals surface area contributed by atoms with Crippen LogP contribution in [0.5, 0.6) is 0 Å². The lowest BCUT2D eigenvalue weighted by atomic mass is 9.97. The van der Waals surface area contributed by atoms with E-state index in [1.54, 1.807) is 7.11 Å². The first-order valence-corrected chi connectivity index (χ1v) is 6.86. The van der Waals surface area contributed by atoms with Gasteiger partial charge < -0.3 is 20.1 Å². The summed E-state index contributed by atoms with van der Waals surface area (Å²) in [5.41, 5.74) is 0. The van der Waals surface area contributed by atoms with E-state index >= 15 is 0 Å². The predicted octanol–water partition coefficient (Wildman–Crippen LogP) is 0.705. The predicted molar refractivity (Wildman–Crippen MR) is 70.2 cm³/mol. The van der Waals surface area contributed by atoms with Crippen LogP contribution in [0.4, 0.5) is 0 Å². The van der Waals surface area contributed by atoms with E-state index in [0.717, 1.165) is 51.7 Å². The average molecular weight is 244 g/mol. The van der Waals surface area contributed by atoms with Gasteiger partial charge in [-0.05, 0) is 38.3 Å². The molecule has 0 aromatic heterocycles. The molecule has 1 aliphatic rings. The molecule has 2 atom stereocenters. The van der Waals surface area contributed by atoms with Gasteiger partial charge in [-0.25, -0.2) is 0 Å². The summed E-state index contributed by atoms with van der Waals surface area (Å²) in [4.78, 5) is 2.40. The second kappa shape index (κ2) is 8.86. The van der Waals surface area contributed by atoms with Gasteiger partial charge in [0.15, 0.2) is 0 Å². The average Bonchev–Trinajstić information content (AvgIpc) is 2.35. The molecule has 0 saturated carbocycles. The minimum atomic E-state index is -0.157. The lowest BCUT2D eigenvalue weighted by Crippen LogP contribution is -2.43. The lowest BCUT2D eigenvalue weighted by Gasteiger charge is -2.33. The molecule has 0 aromatic carbocycles. The number of methoxy groups -OCH3 is 1. The van der Waals surface area contributed by atoms with Crippen molar-refractivity contribution < 1.29 is 9.84 Å². The summed E-state index contributed by atoms with van der Waals surface area (Å²) in [5.74, 6) is 0.727. The maximum Gasteiger partial charge on any atom is 0.0664 e. The molecule has 0 radical (unpaired) electrons. The summed E-state index contributed by atoms with van der Waals surface area (Å²) in [5, 5.41) is 13.1. The van der Waals surface area contributed by atoms with Crippen molar-refractivity contribution >= 4 is 0 Å². The van der Waals surface area contributed by atoms with Crippen LogP contribution in [0.15, 0.2) is 0 Å². The van der Waals surface area contributed by atoms with Gasteiger partial charge in [0.05, 0.1) is 12.7 Å². The van der Waals surface area contributed by atoms with Crippen LogP contribution in [0, 0.1) is 5.92 Å². The maximum absolute atomic E-state index is 9.67. The van der Waals surface area contributed by atoms with Gasteiger partial charge in [0.2, 0.25) is 0 Å². The molecule has 1 rings (SSSR count). The number of rotatable bonds is 8. The fourth-order valence-electron chi connectivity index (χ4n) is 2.39. The Morgan fingerprint density at radius 2 is 2.35 bits per heavy atom. The van der Waals surface area contributed by atoms with Crippen molar-refractivity contribution in [3.05, 3.63) is 0 Å². The van der Waals surface area contributed by atoms with E-state index in [0.29, 0.717) is 0 Å². The molecule has 0 spiro atoms. The van der Waals surface area contributed by atoms with Crippen LogP contribution in [0.25, 0.3) is 0 Å². The molecule has 0 amide bonds. The number of nitrogens with one attached hydrogen (secondary N) is 1. The van der Waals surface area contributed by atoms with Crippen LogP contribution in [0.2, 0.25) is 0 Å². The molecule has 0 aliphatic carbocycles. The molecule has 1 aliphatic heterocycles. The van der Waals surface area contributed by atoms with Crippen molar-refractivity contribution in [3.63, 3.8) is 0 Å². The highest BCUT2D eigenvalue weighted by molar-refractivity contribution is 4.76. The molecular formula is C13H28N2O2. The Hall–Kier alpha value is -0.160. The highest BCUT2D eigenvalue weighted by atomic mass is 16.5. The second-order valence-corrected chi connectivity index (χ2v) is 5.03. The summed E-state index contributed by atoms with van der Waals surface area (Å²) < 4.78 is 5.01. The van der Waals surface area contributed by atoms with Crippen molar-refractivity contribution in [1.29, 1.82) is 0 Å². The molecule has 2 N–H and O–H groups in total. The van der Waals surface area contributed by atoms with E-state index in [-0.39, 0.29) is 6.10 Å². The zero-order valence-electron chi connectivity index (χ0n) is 11.3. The van der Waals surface area contributed by atoms with E-state index in [2.05, 4.69) is 10.2 Å². The summed E-state index contributed by atoms with van der Waals surface area (Å²) in [6, 6.07) is 0. The second-order valence-electron chi connectivity index (χ2n) is 5.03. The summed E-state index contributed by atoms with van der Waals surface area (Å²) in [6.07, 6.45) is 3.26. The van der Waals surface area contributed by atoms with E-state index in [1.807, 2.05) is 6.92 Å². The Balaban J connectivity index is 2.14. The molecule has 2 unspecified atom stereocenters. The highest BCUT2D eigenvalue weighted by Crippen LogP contribution is 2.16. The minimum absolute atomic E-state index is 0.157. The largest absolute Gasteiger partial charge is 0.392 e. The molecule has 4 nitrogen and oxygen atoms in total. The third kappa shape index (κ3) is 6.36. The Labute approximate surface area is 105 Å². The Morgan fingerprint density at radius 3 is 3.06 bits per heavy atom. The first-order valence-electron chi connectivity index (χ1n) is 6.86. The van der Waals surface area contributed by atoms with Gasteiger partial charge in [-0.2, -0.15) is 0 Å². The Morgan fingerprint density at radius 1 is 1.53 bits per heavy atom. The zero-order chi connectivity index (χ0) is 12.5. The van der Waals surface area contributed by atoms with Crippen LogP contribution in [0.1, 0.15) is 26.2 Å². The normalized spacial score (nSPS) is 23.8. The van der Waals surface area contributed by atoms with Gasteiger partial charge in [0, 0.05) is 26.7 Å². The molecule has 1 heterocycles. The monoisotopic (exact) mass is 244 g/mol. The van der Waals surface area contributed by atoms with E-state index < -0.39 is 0 Å². The number of nitrogens with zero attached hydrogens (tertiary/aromatic N) is 1. The van der Waals surface area contributed by atoms with Gasteiger partial charge >= 0.3 is 0 Å². The molecule has 0 bridgehead atoms. The van der Waals surface area contributed by atoms with Crippen LogP contribution >= 0.6 is 0 Å². The zero-order valence-corrected chi connectivity index (χ0v) is 11.3. The lowest BCUT2D eigenvalue weighted by molar-refractivity contribution is 0.0816. The highest BCUT2D eigenvalue weighted by Gasteiger charge is 2.20. The Bertz CT molecular complexity index is 190. The van der Waals surface area contributed by atoms with Gasteiger partial charge in [0.25, 0.3) is 0 Å². The first kappa shape index (κ1) is 14.9. The van der Waals surface area contributed by atoms with Crippen molar-refractivity contribution in [1.82, 2.24) is 10.2 Å². The third-order valence-electron chi connectivity index (χ3n) is 3.46. The molecule has 4 heteroatoms. The smallest absolute Gasteiger partial charge is 0.0664 e. The van der Waals surface area contributed by atoms with Crippen molar-refractivity contribution in [2.75, 3.05) is 46.4 Å². The molecule has 0 aromatic rings. The number of β-amino-alcohol motifs (C(OH)–C–C–N with tert-alkyl or cyclic N) is 1. The topological polar surface area (TPSA) is 44.7 Å². The van der Waals surface area contributed by atoms with Crippen LogP contribution in [-0.2, 0) is 4.74 Å². The number of ether oxygens (including phenoxy) is 1. The number of likely N-dealkylation sites (tertiary alicyclic amines) is 1. The van der Waals surface area contributed by atoms with Crippen LogP contribution in [-0.4, -0.2) is 62.6 Å². The standard InChI is InChI=1S/C13H28N2O2/c1-3-13(16)11-15-7-4-5-12(10-15)9-14-6-8-17-2/h12-14,16H,3-11H2,1-2H3. The van der Waals surface area contributed by atoms with Crippen LogP contribution in [0.3, 0.4) is 0 Å². The van der Waals surface area contributed by atoms with E-state index in [9.17, 15) is 5.11 Å².